The first-order chi connectivity index (χ1) is 11.8. The normalized spacial score (nSPS) is 19.4. The minimum absolute atomic E-state index is 0.247. The molecular weight excluding hydrogens is 332 g/mol. The van der Waals surface area contributed by atoms with Crippen molar-refractivity contribution < 1.29 is 0 Å². The summed E-state index contributed by atoms with van der Waals surface area (Å²) in [6, 6.07) is 16.9. The SMILES string of the molecule is C=CCN1c2ccccc2SC1(CC=C)c1nc2ccccc2s1. The topological polar surface area (TPSA) is 16.1 Å². The lowest BCUT2D eigenvalue weighted by atomic mass is 10.1. The van der Waals surface area contributed by atoms with Crippen LogP contribution in [0.5, 0.6) is 0 Å². The van der Waals surface area contributed by atoms with Gasteiger partial charge >= 0.3 is 0 Å². The molecule has 0 fully saturated rings. The number of thiazole rings is 1. The number of nitrogens with zero attached hydrogens (tertiary/aromatic N) is 2. The van der Waals surface area contributed by atoms with E-state index in [2.05, 4.69) is 60.5 Å². The van der Waals surface area contributed by atoms with Gasteiger partial charge in [0.15, 0.2) is 0 Å². The van der Waals surface area contributed by atoms with Crippen LogP contribution in [0.3, 0.4) is 0 Å². The van der Waals surface area contributed by atoms with Crippen molar-refractivity contribution >= 4 is 39.0 Å². The predicted octanol–water partition coefficient (Wildman–Crippen LogP) is 5.82. The Balaban J connectivity index is 1.92. The zero-order chi connectivity index (χ0) is 16.6. The fourth-order valence-electron chi connectivity index (χ4n) is 3.21. The van der Waals surface area contributed by atoms with E-state index >= 15 is 0 Å². The zero-order valence-corrected chi connectivity index (χ0v) is 14.9. The molecule has 1 atom stereocenters. The van der Waals surface area contributed by atoms with Gasteiger partial charge < -0.3 is 4.90 Å². The molecule has 2 heterocycles. The standard InChI is InChI=1S/C20H18N2S2/c1-3-13-20(19-21-15-9-5-7-11-17(15)23-19)22(14-4-2)16-10-6-8-12-18(16)24-20/h3-12H,1-2,13-14H2. The van der Waals surface area contributed by atoms with Gasteiger partial charge in [-0.25, -0.2) is 4.98 Å². The predicted molar refractivity (Wildman–Crippen MR) is 106 cm³/mol. The van der Waals surface area contributed by atoms with E-state index in [9.17, 15) is 0 Å². The van der Waals surface area contributed by atoms with E-state index in [0.29, 0.717) is 0 Å². The minimum Gasteiger partial charge on any atom is -0.346 e. The lowest BCUT2D eigenvalue weighted by molar-refractivity contribution is 0.605. The summed E-state index contributed by atoms with van der Waals surface area (Å²) in [5, 5.41) is 1.13. The average Bonchev–Trinajstić information content (AvgIpc) is 3.16. The van der Waals surface area contributed by atoms with Gasteiger partial charge in [0.2, 0.25) is 0 Å². The summed E-state index contributed by atoms with van der Waals surface area (Å²) in [7, 11) is 0. The molecule has 0 bridgehead atoms. The van der Waals surface area contributed by atoms with E-state index in [4.69, 9.17) is 4.98 Å². The van der Waals surface area contributed by atoms with E-state index in [-0.39, 0.29) is 4.87 Å². The molecule has 0 saturated carbocycles. The van der Waals surface area contributed by atoms with E-state index < -0.39 is 0 Å². The van der Waals surface area contributed by atoms with Crippen LogP contribution in [0.15, 0.2) is 78.7 Å². The summed E-state index contributed by atoms with van der Waals surface area (Å²) in [5.41, 5.74) is 2.32. The minimum atomic E-state index is -0.247. The summed E-state index contributed by atoms with van der Waals surface area (Å²) < 4.78 is 1.23. The highest BCUT2D eigenvalue weighted by atomic mass is 32.2. The Morgan fingerprint density at radius 2 is 1.83 bits per heavy atom. The van der Waals surface area contributed by atoms with Crippen molar-refractivity contribution in [1.82, 2.24) is 4.98 Å². The second-order valence-corrected chi connectivity index (χ2v) is 8.08. The lowest BCUT2D eigenvalue weighted by Crippen LogP contribution is -2.40. The molecule has 0 amide bonds. The third-order valence-corrected chi connectivity index (χ3v) is 7.03. The van der Waals surface area contributed by atoms with Gasteiger partial charge in [-0.2, -0.15) is 0 Å². The number of anilines is 1. The number of fused-ring (bicyclic) bond motifs is 2. The van der Waals surface area contributed by atoms with Crippen LogP contribution in [0.4, 0.5) is 5.69 Å². The van der Waals surface area contributed by atoms with Crippen molar-refractivity contribution in [2.24, 2.45) is 0 Å². The molecule has 1 aliphatic heterocycles. The number of para-hydroxylation sites is 2. The highest BCUT2D eigenvalue weighted by Gasteiger charge is 2.47. The fourth-order valence-corrected chi connectivity index (χ4v) is 5.94. The second-order valence-electron chi connectivity index (χ2n) is 5.73. The van der Waals surface area contributed by atoms with Gasteiger partial charge in [0.1, 0.15) is 9.88 Å². The molecule has 2 nitrogen and oxygen atoms in total. The van der Waals surface area contributed by atoms with E-state index in [0.717, 1.165) is 23.5 Å². The highest BCUT2D eigenvalue weighted by molar-refractivity contribution is 8.01. The molecule has 1 unspecified atom stereocenters. The summed E-state index contributed by atoms with van der Waals surface area (Å²) in [6.45, 7) is 8.77. The van der Waals surface area contributed by atoms with Gasteiger partial charge in [0.05, 0.1) is 15.9 Å². The number of aromatic nitrogens is 1. The average molecular weight is 351 g/mol. The van der Waals surface area contributed by atoms with Crippen LogP contribution in [-0.2, 0) is 4.87 Å². The van der Waals surface area contributed by atoms with Crippen molar-refractivity contribution in [3.63, 3.8) is 0 Å². The van der Waals surface area contributed by atoms with Crippen LogP contribution in [-0.4, -0.2) is 11.5 Å². The van der Waals surface area contributed by atoms with Crippen molar-refractivity contribution in [2.75, 3.05) is 11.4 Å². The largest absolute Gasteiger partial charge is 0.346 e. The number of rotatable bonds is 5. The van der Waals surface area contributed by atoms with Crippen LogP contribution in [0.25, 0.3) is 10.2 Å². The number of benzene rings is 2. The molecule has 24 heavy (non-hydrogen) atoms. The number of hydrogen-bond donors (Lipinski definition) is 0. The van der Waals surface area contributed by atoms with E-state index in [1.807, 2.05) is 30.0 Å². The smallest absolute Gasteiger partial charge is 0.147 e. The van der Waals surface area contributed by atoms with Crippen LogP contribution in [0.1, 0.15) is 11.4 Å². The Bertz CT molecular complexity index is 882. The van der Waals surface area contributed by atoms with Crippen LogP contribution < -0.4 is 4.90 Å². The maximum absolute atomic E-state index is 4.97. The molecule has 0 spiro atoms. The maximum Gasteiger partial charge on any atom is 0.147 e. The summed E-state index contributed by atoms with van der Waals surface area (Å²) in [6.07, 6.45) is 4.80. The van der Waals surface area contributed by atoms with Gasteiger partial charge in [-0.15, -0.1) is 24.5 Å². The molecule has 4 rings (SSSR count). The Morgan fingerprint density at radius 3 is 2.62 bits per heavy atom. The lowest BCUT2D eigenvalue weighted by Gasteiger charge is -2.36. The summed E-state index contributed by atoms with van der Waals surface area (Å²) >= 11 is 3.66. The highest BCUT2D eigenvalue weighted by Crippen LogP contribution is 2.58. The van der Waals surface area contributed by atoms with Crippen molar-refractivity contribution in [2.45, 2.75) is 16.2 Å². The first-order valence-corrected chi connectivity index (χ1v) is 9.55. The first kappa shape index (κ1) is 15.5. The molecular formula is C20H18N2S2. The number of thioether (sulfide) groups is 1. The van der Waals surface area contributed by atoms with Crippen LogP contribution >= 0.6 is 23.1 Å². The van der Waals surface area contributed by atoms with Crippen LogP contribution in [0, 0.1) is 0 Å². The van der Waals surface area contributed by atoms with Gasteiger partial charge in [0, 0.05) is 17.9 Å². The first-order valence-electron chi connectivity index (χ1n) is 7.92. The number of hydrogen-bond acceptors (Lipinski definition) is 4. The Labute approximate surface area is 150 Å². The van der Waals surface area contributed by atoms with Crippen molar-refractivity contribution in [3.8, 4) is 0 Å². The third kappa shape index (κ3) is 2.29. The van der Waals surface area contributed by atoms with E-state index in [1.165, 1.54) is 15.3 Å². The molecule has 0 N–H and O–H groups in total. The Morgan fingerprint density at radius 1 is 1.04 bits per heavy atom. The zero-order valence-electron chi connectivity index (χ0n) is 13.3. The van der Waals surface area contributed by atoms with Gasteiger partial charge in [0.25, 0.3) is 0 Å². The molecule has 0 radical (unpaired) electrons. The quantitative estimate of drug-likeness (QED) is 0.539. The molecule has 2 aromatic carbocycles. The van der Waals surface area contributed by atoms with Crippen molar-refractivity contribution in [1.29, 1.82) is 0 Å². The van der Waals surface area contributed by atoms with E-state index in [1.54, 1.807) is 11.3 Å². The summed E-state index contributed by atoms with van der Waals surface area (Å²) in [4.78, 5) is 8.44. The van der Waals surface area contributed by atoms with Gasteiger partial charge in [-0.1, -0.05) is 48.2 Å². The second kappa shape index (κ2) is 6.11. The molecule has 0 saturated heterocycles. The monoisotopic (exact) mass is 350 g/mol. The molecule has 4 heteroatoms. The van der Waals surface area contributed by atoms with Gasteiger partial charge in [-0.3, -0.25) is 0 Å². The van der Waals surface area contributed by atoms with Crippen LogP contribution in [0.2, 0.25) is 0 Å². The molecule has 0 aliphatic carbocycles. The Kier molecular flexibility index (Phi) is 3.94. The maximum atomic E-state index is 4.97. The third-order valence-electron chi connectivity index (χ3n) is 4.23. The Hall–Kier alpha value is -2.04. The van der Waals surface area contributed by atoms with Gasteiger partial charge in [-0.05, 0) is 24.3 Å². The molecule has 1 aromatic heterocycles. The molecule has 120 valence electrons. The fraction of sp³-hybridized carbons (Fsp3) is 0.150. The summed E-state index contributed by atoms with van der Waals surface area (Å²) in [5.74, 6) is 0. The molecule has 1 aliphatic rings. The van der Waals surface area contributed by atoms with Crippen molar-refractivity contribution in [3.05, 3.63) is 78.8 Å². The molecule has 3 aromatic rings.